The minimum atomic E-state index is 0. The summed E-state index contributed by atoms with van der Waals surface area (Å²) in [5.74, 6) is 3.45. The minimum Gasteiger partial charge on any atom is -0.497 e. The van der Waals surface area contributed by atoms with Crippen LogP contribution in [0.1, 0.15) is 12.2 Å². The highest BCUT2D eigenvalue weighted by Gasteiger charge is 2.24. The molecule has 1 aliphatic heterocycles. The van der Waals surface area contributed by atoms with Gasteiger partial charge in [0, 0.05) is 63.2 Å². The number of fused-ring (bicyclic) bond motifs is 1. The maximum atomic E-state index is 5.42. The maximum absolute atomic E-state index is 5.42. The molecular formula is C24H33IN6O2. The third kappa shape index (κ3) is 5.82. The molecule has 8 nitrogen and oxygen atoms in total. The molecule has 1 saturated heterocycles. The molecule has 178 valence electrons. The standard InChI is InChI=1S/C24H32N6O2.HI/c1-17-27-22-7-5-6-8-23(22)30(17)12-10-26-24(25-2)28-18-9-11-29(16-18)19-13-20(31-3)15-21(14-19)32-4;/h5-8,13-15,18H,9-12,16H2,1-4H3,(H2,25,26,28);1H. The highest BCUT2D eigenvalue weighted by atomic mass is 127. The van der Waals surface area contributed by atoms with Crippen molar-refractivity contribution in [3.8, 4) is 11.5 Å². The van der Waals surface area contributed by atoms with Crippen LogP contribution in [0.3, 0.4) is 0 Å². The normalized spacial score (nSPS) is 15.9. The Bertz CT molecular complexity index is 1080. The van der Waals surface area contributed by atoms with Gasteiger partial charge in [-0.05, 0) is 25.5 Å². The fraction of sp³-hybridized carbons (Fsp3) is 0.417. The number of ether oxygens (including phenoxy) is 2. The van der Waals surface area contributed by atoms with Crippen molar-refractivity contribution in [3.05, 3.63) is 48.3 Å². The minimum absolute atomic E-state index is 0. The Morgan fingerprint density at radius 2 is 1.88 bits per heavy atom. The van der Waals surface area contributed by atoms with Crippen LogP contribution in [0.25, 0.3) is 11.0 Å². The van der Waals surface area contributed by atoms with Gasteiger partial charge in [-0.3, -0.25) is 4.99 Å². The molecule has 2 N–H and O–H groups in total. The Kier molecular flexibility index (Phi) is 8.65. The summed E-state index contributed by atoms with van der Waals surface area (Å²) in [5.41, 5.74) is 3.30. The van der Waals surface area contributed by atoms with Gasteiger partial charge in [0.25, 0.3) is 0 Å². The lowest BCUT2D eigenvalue weighted by Gasteiger charge is -2.21. The lowest BCUT2D eigenvalue weighted by atomic mass is 10.2. The SMILES string of the molecule is CN=C(NCCn1c(C)nc2ccccc21)NC1CCN(c2cc(OC)cc(OC)c2)C1.I. The van der Waals surface area contributed by atoms with E-state index in [0.717, 1.165) is 72.6 Å². The molecule has 0 spiro atoms. The summed E-state index contributed by atoms with van der Waals surface area (Å²) in [4.78, 5) is 11.4. The number of anilines is 1. The fourth-order valence-corrected chi connectivity index (χ4v) is 4.24. The second-order valence-electron chi connectivity index (χ2n) is 7.95. The average Bonchev–Trinajstić information content (AvgIpc) is 3.42. The number of hydrogen-bond donors (Lipinski definition) is 2. The maximum Gasteiger partial charge on any atom is 0.191 e. The molecule has 3 aromatic rings. The van der Waals surface area contributed by atoms with E-state index in [1.54, 1.807) is 14.2 Å². The van der Waals surface area contributed by atoms with Crippen molar-refractivity contribution in [2.24, 2.45) is 4.99 Å². The van der Waals surface area contributed by atoms with Gasteiger partial charge >= 0.3 is 0 Å². The van der Waals surface area contributed by atoms with Gasteiger partial charge < -0.3 is 29.6 Å². The van der Waals surface area contributed by atoms with Crippen molar-refractivity contribution in [2.45, 2.75) is 25.9 Å². The van der Waals surface area contributed by atoms with Gasteiger partial charge in [0.15, 0.2) is 5.96 Å². The van der Waals surface area contributed by atoms with Crippen LogP contribution in [0.2, 0.25) is 0 Å². The number of aryl methyl sites for hydroxylation is 1. The molecule has 2 aromatic carbocycles. The van der Waals surface area contributed by atoms with E-state index < -0.39 is 0 Å². The molecule has 0 radical (unpaired) electrons. The summed E-state index contributed by atoms with van der Waals surface area (Å²) < 4.78 is 13.1. The van der Waals surface area contributed by atoms with Crippen LogP contribution in [0, 0.1) is 6.92 Å². The van der Waals surface area contributed by atoms with Gasteiger partial charge in [-0.1, -0.05) is 12.1 Å². The number of nitrogens with zero attached hydrogens (tertiary/aromatic N) is 4. The molecule has 1 aromatic heterocycles. The molecule has 0 aliphatic carbocycles. The van der Waals surface area contributed by atoms with E-state index in [1.165, 1.54) is 0 Å². The molecule has 1 fully saturated rings. The van der Waals surface area contributed by atoms with E-state index >= 15 is 0 Å². The zero-order valence-electron chi connectivity index (χ0n) is 19.7. The molecular weight excluding hydrogens is 531 g/mol. The quantitative estimate of drug-likeness (QED) is 0.260. The van der Waals surface area contributed by atoms with E-state index in [0.29, 0.717) is 6.04 Å². The summed E-state index contributed by atoms with van der Waals surface area (Å²) in [7, 11) is 5.17. The number of para-hydroxylation sites is 2. The fourth-order valence-electron chi connectivity index (χ4n) is 4.24. The van der Waals surface area contributed by atoms with E-state index in [2.05, 4.69) is 60.4 Å². The Hall–Kier alpha value is -2.69. The molecule has 4 rings (SSSR count). The number of halogens is 1. The topological polar surface area (TPSA) is 75.9 Å². The summed E-state index contributed by atoms with van der Waals surface area (Å²) >= 11 is 0. The smallest absolute Gasteiger partial charge is 0.191 e. The number of rotatable bonds is 7. The first-order valence-corrected chi connectivity index (χ1v) is 11.0. The second kappa shape index (κ2) is 11.4. The molecule has 2 heterocycles. The lowest BCUT2D eigenvalue weighted by molar-refractivity contribution is 0.394. The summed E-state index contributed by atoms with van der Waals surface area (Å²) in [6.07, 6.45) is 1.03. The van der Waals surface area contributed by atoms with Crippen molar-refractivity contribution >= 4 is 46.7 Å². The van der Waals surface area contributed by atoms with Crippen LogP contribution in [-0.4, -0.2) is 62.5 Å². The van der Waals surface area contributed by atoms with Crippen LogP contribution in [-0.2, 0) is 6.54 Å². The van der Waals surface area contributed by atoms with Crippen LogP contribution in [0.4, 0.5) is 5.69 Å². The average molecular weight is 564 g/mol. The number of guanidine groups is 1. The largest absolute Gasteiger partial charge is 0.497 e. The molecule has 1 atom stereocenters. The van der Waals surface area contributed by atoms with Gasteiger partial charge in [0.2, 0.25) is 0 Å². The Morgan fingerprint density at radius 1 is 1.15 bits per heavy atom. The molecule has 33 heavy (non-hydrogen) atoms. The Morgan fingerprint density at radius 3 is 2.58 bits per heavy atom. The van der Waals surface area contributed by atoms with Crippen molar-refractivity contribution in [1.82, 2.24) is 20.2 Å². The molecule has 0 bridgehead atoms. The number of methoxy groups -OCH3 is 2. The van der Waals surface area contributed by atoms with Crippen molar-refractivity contribution in [1.29, 1.82) is 0 Å². The first-order chi connectivity index (χ1) is 15.6. The third-order valence-corrected chi connectivity index (χ3v) is 5.93. The molecule has 1 unspecified atom stereocenters. The van der Waals surface area contributed by atoms with Gasteiger partial charge in [0.1, 0.15) is 17.3 Å². The zero-order valence-corrected chi connectivity index (χ0v) is 22.0. The molecule has 0 amide bonds. The number of benzene rings is 2. The second-order valence-corrected chi connectivity index (χ2v) is 7.95. The van der Waals surface area contributed by atoms with Gasteiger partial charge in [-0.15, -0.1) is 24.0 Å². The van der Waals surface area contributed by atoms with Crippen molar-refractivity contribution in [2.75, 3.05) is 45.8 Å². The number of aliphatic imine (C=N–C) groups is 1. The summed E-state index contributed by atoms with van der Waals surface area (Å²) in [6.45, 7) is 5.50. The van der Waals surface area contributed by atoms with E-state index in [9.17, 15) is 0 Å². The van der Waals surface area contributed by atoms with Crippen LogP contribution in [0.5, 0.6) is 11.5 Å². The number of imidazole rings is 1. The highest BCUT2D eigenvalue weighted by molar-refractivity contribution is 14.0. The number of hydrogen-bond acceptors (Lipinski definition) is 5. The van der Waals surface area contributed by atoms with E-state index in [-0.39, 0.29) is 24.0 Å². The monoisotopic (exact) mass is 564 g/mol. The first-order valence-electron chi connectivity index (χ1n) is 11.0. The Labute approximate surface area is 212 Å². The number of nitrogens with one attached hydrogen (secondary N) is 2. The zero-order chi connectivity index (χ0) is 22.5. The predicted molar refractivity (Wildman–Crippen MR) is 145 cm³/mol. The lowest BCUT2D eigenvalue weighted by Crippen LogP contribution is -2.45. The Balaban J connectivity index is 0.00000306. The molecule has 1 aliphatic rings. The van der Waals surface area contributed by atoms with Crippen LogP contribution < -0.4 is 25.0 Å². The summed E-state index contributed by atoms with van der Waals surface area (Å²) in [5, 5.41) is 7.01. The van der Waals surface area contributed by atoms with Gasteiger partial charge in [0.05, 0.1) is 25.3 Å². The predicted octanol–water partition coefficient (Wildman–Crippen LogP) is 3.42. The van der Waals surface area contributed by atoms with E-state index in [4.69, 9.17) is 9.47 Å². The first kappa shape index (κ1) is 24.9. The van der Waals surface area contributed by atoms with Crippen LogP contribution >= 0.6 is 24.0 Å². The molecule has 9 heteroatoms. The van der Waals surface area contributed by atoms with Crippen molar-refractivity contribution in [3.63, 3.8) is 0 Å². The highest BCUT2D eigenvalue weighted by Crippen LogP contribution is 2.30. The molecule has 0 saturated carbocycles. The van der Waals surface area contributed by atoms with Crippen LogP contribution in [0.15, 0.2) is 47.5 Å². The third-order valence-electron chi connectivity index (χ3n) is 5.93. The van der Waals surface area contributed by atoms with E-state index in [1.807, 2.05) is 26.1 Å². The van der Waals surface area contributed by atoms with Gasteiger partial charge in [-0.2, -0.15) is 0 Å². The van der Waals surface area contributed by atoms with Crippen molar-refractivity contribution < 1.29 is 9.47 Å². The summed E-state index contributed by atoms with van der Waals surface area (Å²) in [6, 6.07) is 14.6. The number of aromatic nitrogens is 2. The van der Waals surface area contributed by atoms with Gasteiger partial charge in [-0.25, -0.2) is 4.98 Å².